The third-order valence-electron chi connectivity index (χ3n) is 2.93. The van der Waals surface area contributed by atoms with E-state index in [2.05, 4.69) is 9.72 Å². The van der Waals surface area contributed by atoms with Crippen LogP contribution in [0.25, 0.3) is 11.0 Å². The molecule has 0 amide bonds. The maximum absolute atomic E-state index is 12.4. The number of fused-ring (bicyclic) bond motifs is 1. The van der Waals surface area contributed by atoms with Crippen LogP contribution in [0, 0.1) is 5.21 Å². The second-order valence-electron chi connectivity index (χ2n) is 4.61. The summed E-state index contributed by atoms with van der Waals surface area (Å²) in [5.41, 5.74) is 0.137. The monoisotopic (exact) mass is 358 g/mol. The maximum Gasteiger partial charge on any atom is 0.332 e. The topological polar surface area (TPSA) is 92.4 Å². The summed E-state index contributed by atoms with van der Waals surface area (Å²) >= 11 is 11.8. The summed E-state index contributed by atoms with van der Waals surface area (Å²) in [6.45, 7) is 0.632. The van der Waals surface area contributed by atoms with Crippen LogP contribution in [-0.4, -0.2) is 30.5 Å². The van der Waals surface area contributed by atoms with Gasteiger partial charge >= 0.3 is 5.97 Å². The third-order valence-corrected chi connectivity index (χ3v) is 3.66. The van der Waals surface area contributed by atoms with E-state index in [-0.39, 0.29) is 45.7 Å². The van der Waals surface area contributed by atoms with Crippen molar-refractivity contribution in [3.8, 4) is 0 Å². The molecule has 2 rings (SSSR count). The van der Waals surface area contributed by atoms with E-state index >= 15 is 0 Å². The number of aromatic nitrogens is 2. The Hall–Kier alpha value is -1.96. The average molecular weight is 359 g/mol. The van der Waals surface area contributed by atoms with Crippen molar-refractivity contribution in [2.24, 2.45) is 0 Å². The Bertz CT molecular complexity index is 795. The number of methoxy groups -OCH3 is 1. The summed E-state index contributed by atoms with van der Waals surface area (Å²) in [5, 5.41) is 12.8. The molecule has 0 saturated heterocycles. The highest BCUT2D eigenvalue weighted by atomic mass is 35.5. The van der Waals surface area contributed by atoms with Gasteiger partial charge in [-0.1, -0.05) is 23.2 Å². The van der Waals surface area contributed by atoms with Gasteiger partial charge < -0.3 is 14.7 Å². The molecule has 1 heterocycles. The fourth-order valence-corrected chi connectivity index (χ4v) is 2.29. The molecule has 0 saturated carbocycles. The lowest BCUT2D eigenvalue weighted by molar-refractivity contribution is -0.580. The van der Waals surface area contributed by atoms with Gasteiger partial charge in [-0.05, 0) is 6.07 Å². The zero-order valence-corrected chi connectivity index (χ0v) is 13.8. The van der Waals surface area contributed by atoms with Crippen LogP contribution >= 0.6 is 23.2 Å². The Labute approximate surface area is 141 Å². The van der Waals surface area contributed by atoms with Gasteiger partial charge in [0, 0.05) is 20.1 Å². The molecule has 0 N–H and O–H groups in total. The van der Waals surface area contributed by atoms with E-state index in [4.69, 9.17) is 27.9 Å². The minimum atomic E-state index is -0.643. The first kappa shape index (κ1) is 17.4. The van der Waals surface area contributed by atoms with E-state index in [0.29, 0.717) is 4.73 Å². The van der Waals surface area contributed by atoms with Crippen molar-refractivity contribution in [1.82, 2.24) is 4.98 Å². The van der Waals surface area contributed by atoms with Crippen molar-refractivity contribution >= 4 is 46.0 Å². The molecule has 23 heavy (non-hydrogen) atoms. The van der Waals surface area contributed by atoms with E-state index in [0.717, 1.165) is 0 Å². The number of nitrogens with zero attached hydrogens (tertiary/aromatic N) is 2. The van der Waals surface area contributed by atoms with Crippen LogP contribution in [-0.2, 0) is 20.9 Å². The molecule has 7 nitrogen and oxygen atoms in total. The third kappa shape index (κ3) is 3.69. The minimum absolute atomic E-state index is 0.0304. The number of hydrogen-bond donors (Lipinski definition) is 0. The first-order valence-electron chi connectivity index (χ1n) is 6.41. The molecule has 0 bridgehead atoms. The highest BCUT2D eigenvalue weighted by molar-refractivity contribution is 6.42. The Morgan fingerprint density at radius 2 is 1.96 bits per heavy atom. The van der Waals surface area contributed by atoms with E-state index < -0.39 is 11.8 Å². The van der Waals surface area contributed by atoms with Gasteiger partial charge in [-0.3, -0.25) is 4.79 Å². The van der Waals surface area contributed by atoms with Crippen molar-refractivity contribution in [3.63, 3.8) is 0 Å². The minimum Gasteiger partial charge on any atom is -0.618 e. The number of benzene rings is 1. The van der Waals surface area contributed by atoms with Crippen LogP contribution in [0.5, 0.6) is 0 Å². The van der Waals surface area contributed by atoms with Gasteiger partial charge in [0.25, 0.3) is 5.69 Å². The number of ketones is 1. The number of carbonyl (C=O) groups is 2. The molecule has 1 aromatic carbocycles. The molecular formula is C14H12Cl2N2O5. The van der Waals surface area contributed by atoms with Crippen LogP contribution in [0.1, 0.15) is 23.1 Å². The van der Waals surface area contributed by atoms with Crippen molar-refractivity contribution < 1.29 is 23.8 Å². The zero-order valence-electron chi connectivity index (χ0n) is 12.3. The Morgan fingerprint density at radius 3 is 2.57 bits per heavy atom. The predicted molar refractivity (Wildman–Crippen MR) is 82.4 cm³/mol. The summed E-state index contributed by atoms with van der Waals surface area (Å²) < 4.78 is 9.97. The molecule has 0 unspecified atom stereocenters. The molecule has 0 aliphatic heterocycles. The van der Waals surface area contributed by atoms with Gasteiger partial charge in [0.05, 0.1) is 10.0 Å². The number of carbonyl (C=O) groups excluding carboxylic acids is 2. The van der Waals surface area contributed by atoms with Gasteiger partial charge in [-0.15, -0.1) is 0 Å². The Kier molecular flexibility index (Phi) is 5.35. The van der Waals surface area contributed by atoms with E-state index in [1.54, 1.807) is 0 Å². The molecule has 0 atom stereocenters. The second kappa shape index (κ2) is 7.08. The molecule has 0 aliphatic carbocycles. The van der Waals surface area contributed by atoms with E-state index in [1.165, 1.54) is 26.2 Å². The normalized spacial score (nSPS) is 10.8. The van der Waals surface area contributed by atoms with Crippen molar-refractivity contribution in [3.05, 3.63) is 38.8 Å². The summed E-state index contributed by atoms with van der Waals surface area (Å²) in [6.07, 6.45) is 0. The fraction of sp³-hybridized carbons (Fsp3) is 0.286. The lowest BCUT2D eigenvalue weighted by Crippen LogP contribution is -2.37. The molecule has 0 fully saturated rings. The molecule has 0 aliphatic rings. The summed E-state index contributed by atoms with van der Waals surface area (Å²) in [7, 11) is 1.34. The first-order valence-corrected chi connectivity index (χ1v) is 7.17. The Balaban J connectivity index is 2.54. The second-order valence-corrected chi connectivity index (χ2v) is 5.42. The largest absolute Gasteiger partial charge is 0.618 e. The Morgan fingerprint density at radius 1 is 1.30 bits per heavy atom. The summed E-state index contributed by atoms with van der Waals surface area (Å²) in [5.74, 6) is -1.16. The van der Waals surface area contributed by atoms with Gasteiger partial charge in [0.2, 0.25) is 11.3 Å². The van der Waals surface area contributed by atoms with Crippen LogP contribution < -0.4 is 4.73 Å². The van der Waals surface area contributed by atoms with Crippen molar-refractivity contribution in [1.29, 1.82) is 0 Å². The van der Waals surface area contributed by atoms with Gasteiger partial charge in [0.1, 0.15) is 18.7 Å². The van der Waals surface area contributed by atoms with Gasteiger partial charge in [-0.25, -0.2) is 9.78 Å². The zero-order chi connectivity index (χ0) is 17.1. The van der Waals surface area contributed by atoms with E-state index in [1.807, 2.05) is 0 Å². The SMILES string of the molecule is COCC(=O)OCc1nc2cc(Cl)c(Cl)cc2[n+]([O-])c1C(C)=O. The molecule has 1 aromatic heterocycles. The number of hydrogen-bond acceptors (Lipinski definition) is 6. The molecule has 0 spiro atoms. The number of rotatable bonds is 5. The number of ether oxygens (including phenoxy) is 2. The van der Waals surface area contributed by atoms with Crippen LogP contribution in [0.4, 0.5) is 0 Å². The highest BCUT2D eigenvalue weighted by Crippen LogP contribution is 2.26. The summed E-state index contributed by atoms with van der Waals surface area (Å²) in [6, 6.07) is 2.73. The molecular weight excluding hydrogens is 347 g/mol. The summed E-state index contributed by atoms with van der Waals surface area (Å²) in [4.78, 5) is 27.3. The lowest BCUT2D eigenvalue weighted by Gasteiger charge is -2.11. The molecule has 2 aromatic rings. The quantitative estimate of drug-likeness (QED) is 0.351. The molecule has 0 radical (unpaired) electrons. The average Bonchev–Trinajstić information content (AvgIpc) is 2.47. The number of esters is 1. The standard InChI is InChI=1S/C14H12Cl2N2O5/c1-7(19)14-11(5-23-13(20)6-22-2)17-10-3-8(15)9(16)4-12(10)18(14)21/h3-4H,5-6H2,1-2H3. The van der Waals surface area contributed by atoms with Gasteiger partial charge in [0.15, 0.2) is 5.69 Å². The van der Waals surface area contributed by atoms with Crippen molar-refractivity contribution in [2.45, 2.75) is 13.5 Å². The lowest BCUT2D eigenvalue weighted by atomic mass is 10.2. The van der Waals surface area contributed by atoms with Crippen LogP contribution in [0.15, 0.2) is 12.1 Å². The first-order chi connectivity index (χ1) is 10.8. The van der Waals surface area contributed by atoms with Crippen LogP contribution in [0.3, 0.4) is 0 Å². The number of halogens is 2. The fourth-order valence-electron chi connectivity index (χ4n) is 1.97. The number of Topliss-reactive ketones (excluding diaryl/α,β-unsaturated/α-hetero) is 1. The van der Waals surface area contributed by atoms with Crippen molar-refractivity contribution in [2.75, 3.05) is 13.7 Å². The van der Waals surface area contributed by atoms with E-state index in [9.17, 15) is 14.8 Å². The maximum atomic E-state index is 12.4. The highest BCUT2D eigenvalue weighted by Gasteiger charge is 2.25. The van der Waals surface area contributed by atoms with Crippen LogP contribution in [0.2, 0.25) is 10.0 Å². The molecule has 122 valence electrons. The van der Waals surface area contributed by atoms with Gasteiger partial charge in [-0.2, -0.15) is 4.73 Å². The molecule has 9 heteroatoms. The predicted octanol–water partition coefficient (Wildman–Crippen LogP) is 2.07. The smallest absolute Gasteiger partial charge is 0.332 e.